The third-order valence-corrected chi connectivity index (χ3v) is 7.11. The minimum absolute atomic E-state index is 0.137. The molecule has 0 aliphatic rings. The number of benzene rings is 3. The largest absolute Gasteiger partial charge is 0.459 e. The topological polar surface area (TPSA) is 144 Å². The van der Waals surface area contributed by atoms with Crippen molar-refractivity contribution in [2.24, 2.45) is 5.41 Å². The van der Waals surface area contributed by atoms with E-state index in [1.54, 1.807) is 84.0 Å². The lowest BCUT2D eigenvalue weighted by Crippen LogP contribution is -2.49. The van der Waals surface area contributed by atoms with Crippen LogP contribution in [0.15, 0.2) is 77.6 Å². The average molecular weight is 662 g/mol. The van der Waals surface area contributed by atoms with Crippen LogP contribution in [0.3, 0.4) is 0 Å². The van der Waals surface area contributed by atoms with E-state index in [-0.39, 0.29) is 29.7 Å². The van der Waals surface area contributed by atoms with Crippen LogP contribution in [0.2, 0.25) is 5.02 Å². The van der Waals surface area contributed by atoms with Crippen molar-refractivity contribution in [1.82, 2.24) is 15.0 Å². The van der Waals surface area contributed by atoms with Crippen LogP contribution in [0.4, 0.5) is 0 Å². The summed E-state index contributed by atoms with van der Waals surface area (Å²) in [4.78, 5) is 67.5. The highest BCUT2D eigenvalue weighted by Gasteiger charge is 2.52. The highest BCUT2D eigenvalue weighted by Crippen LogP contribution is 2.36. The van der Waals surface area contributed by atoms with Gasteiger partial charge in [0.2, 0.25) is 0 Å². The highest BCUT2D eigenvalue weighted by atomic mass is 35.5. The van der Waals surface area contributed by atoms with Crippen LogP contribution in [0.1, 0.15) is 75.1 Å². The van der Waals surface area contributed by atoms with Crippen LogP contribution < -0.4 is 10.3 Å². The number of carbonyl (C=O) groups excluding carboxylic acids is 4. The van der Waals surface area contributed by atoms with Gasteiger partial charge in [0.25, 0.3) is 5.56 Å². The molecule has 0 saturated carbocycles. The number of nitrogens with zero attached hydrogens (tertiary/aromatic N) is 3. The summed E-state index contributed by atoms with van der Waals surface area (Å²) in [6.07, 6.45) is -1.03. The Morgan fingerprint density at radius 2 is 1.38 bits per heavy atom. The normalized spacial score (nSPS) is 12.0. The molecule has 3 aromatic carbocycles. The number of fused-ring (bicyclic) bond motifs is 1. The second-order valence-corrected chi connectivity index (χ2v) is 13.4. The number of hydrogen-bond donors (Lipinski definition) is 0. The summed E-state index contributed by atoms with van der Waals surface area (Å²) in [6, 6.07) is 18.7. The van der Waals surface area contributed by atoms with Gasteiger partial charge in [0.15, 0.2) is 11.2 Å². The first kappa shape index (κ1) is 35.0. The molecule has 0 bridgehead atoms. The van der Waals surface area contributed by atoms with Crippen molar-refractivity contribution in [2.75, 3.05) is 0 Å². The molecule has 1 heterocycles. The molecule has 12 heteroatoms. The number of Topliss-reactive ketones (excluding diaryl/α,β-unsaturated/α-hetero) is 1. The number of rotatable bonds is 10. The Hall–Kier alpha value is -4.90. The zero-order valence-electron chi connectivity index (χ0n) is 27.0. The lowest BCUT2D eigenvalue weighted by molar-refractivity contribution is -0.186. The van der Waals surface area contributed by atoms with Crippen LogP contribution in [0, 0.1) is 5.41 Å². The Balaban J connectivity index is 1.69. The van der Waals surface area contributed by atoms with Crippen LogP contribution >= 0.6 is 11.6 Å². The quantitative estimate of drug-likeness (QED) is 0.0859. The average Bonchev–Trinajstić information content (AvgIpc) is 2.99. The fraction of sp³-hybridized carbons (Fsp3) is 0.343. The van der Waals surface area contributed by atoms with E-state index >= 15 is 0 Å². The van der Waals surface area contributed by atoms with E-state index < -0.39 is 52.3 Å². The molecule has 0 N–H and O–H groups in total. The summed E-state index contributed by atoms with van der Waals surface area (Å²) in [5, 5.41) is 8.56. The molecule has 0 unspecified atom stereocenters. The monoisotopic (exact) mass is 661 g/mol. The van der Waals surface area contributed by atoms with Gasteiger partial charge in [-0.15, -0.1) is 5.10 Å². The zero-order chi connectivity index (χ0) is 34.6. The van der Waals surface area contributed by atoms with Gasteiger partial charge in [0, 0.05) is 23.6 Å². The SMILES string of the molecule is CC(C)(C)OC(=O)C(CCn1nnc2ccc(Cl)cc2c1=O)(CC(=O)c1ccc(OC(=O)c2ccccc2)cc1)C(=O)OC(C)(C)C. The van der Waals surface area contributed by atoms with Crippen LogP contribution in [0.25, 0.3) is 10.9 Å². The van der Waals surface area contributed by atoms with Gasteiger partial charge in [0.1, 0.15) is 22.5 Å². The number of ether oxygens (including phenoxy) is 3. The summed E-state index contributed by atoms with van der Waals surface area (Å²) in [6.45, 7) is 9.50. The Bertz CT molecular complexity index is 1830. The fourth-order valence-electron chi connectivity index (χ4n) is 4.59. The number of hydrogen-bond acceptors (Lipinski definition) is 10. The predicted octanol–water partition coefficient (Wildman–Crippen LogP) is 6.00. The van der Waals surface area contributed by atoms with E-state index in [4.69, 9.17) is 25.8 Å². The molecular formula is C35H36ClN3O8. The van der Waals surface area contributed by atoms with Gasteiger partial charge in [-0.1, -0.05) is 35.0 Å². The summed E-state index contributed by atoms with van der Waals surface area (Å²) in [5.41, 5.74) is -3.99. The van der Waals surface area contributed by atoms with Crippen molar-refractivity contribution in [1.29, 1.82) is 0 Å². The third kappa shape index (κ3) is 8.88. The number of aryl methyl sites for hydroxylation is 1. The molecule has 4 rings (SSSR count). The minimum atomic E-state index is -2.18. The zero-order valence-corrected chi connectivity index (χ0v) is 27.8. The number of halogens is 1. The highest BCUT2D eigenvalue weighted by molar-refractivity contribution is 6.31. The van der Waals surface area contributed by atoms with Crippen molar-refractivity contribution in [3.8, 4) is 5.75 Å². The van der Waals surface area contributed by atoms with Crippen LogP contribution in [-0.2, 0) is 25.6 Å². The molecule has 1 aromatic heterocycles. The molecule has 0 aliphatic carbocycles. The summed E-state index contributed by atoms with van der Waals surface area (Å²) in [5.74, 6) is -2.97. The standard InChI is InChI=1S/C35H36ClN3O8/c1-33(2,3)46-31(43)35(32(44)47-34(4,5)6,18-19-39-29(41)26-20-24(36)14-17-27(26)37-38-39)21-28(40)22-12-15-25(16-13-22)45-30(42)23-10-8-7-9-11-23/h7-17,20H,18-19,21H2,1-6H3. The lowest BCUT2D eigenvalue weighted by atomic mass is 9.78. The first-order valence-corrected chi connectivity index (χ1v) is 15.3. The Morgan fingerprint density at radius 1 is 0.787 bits per heavy atom. The maximum absolute atomic E-state index is 14.0. The van der Waals surface area contributed by atoms with Gasteiger partial charge in [-0.3, -0.25) is 19.2 Å². The van der Waals surface area contributed by atoms with Gasteiger partial charge in [-0.2, -0.15) is 0 Å². The molecular weight excluding hydrogens is 626 g/mol. The Kier molecular flexibility index (Phi) is 10.3. The number of ketones is 1. The number of esters is 3. The van der Waals surface area contributed by atoms with Crippen molar-refractivity contribution in [3.63, 3.8) is 0 Å². The summed E-state index contributed by atoms with van der Waals surface area (Å²) < 4.78 is 17.8. The summed E-state index contributed by atoms with van der Waals surface area (Å²) >= 11 is 6.10. The van der Waals surface area contributed by atoms with Gasteiger partial charge >= 0.3 is 17.9 Å². The van der Waals surface area contributed by atoms with Crippen molar-refractivity contribution in [2.45, 2.75) is 72.1 Å². The van der Waals surface area contributed by atoms with Gasteiger partial charge < -0.3 is 14.2 Å². The molecule has 0 spiro atoms. The van der Waals surface area contributed by atoms with Gasteiger partial charge in [-0.05, 0) is 103 Å². The molecule has 11 nitrogen and oxygen atoms in total. The van der Waals surface area contributed by atoms with E-state index in [0.717, 1.165) is 4.68 Å². The van der Waals surface area contributed by atoms with E-state index in [2.05, 4.69) is 10.3 Å². The van der Waals surface area contributed by atoms with E-state index in [1.807, 2.05) is 0 Å². The smallest absolute Gasteiger partial charge is 0.343 e. The molecule has 0 fully saturated rings. The predicted molar refractivity (Wildman–Crippen MR) is 174 cm³/mol. The molecule has 0 atom stereocenters. The molecule has 4 aromatic rings. The Labute approximate surface area is 276 Å². The molecule has 0 saturated heterocycles. The first-order valence-electron chi connectivity index (χ1n) is 14.9. The second kappa shape index (κ2) is 13.8. The van der Waals surface area contributed by atoms with Crippen molar-refractivity contribution >= 4 is 46.2 Å². The molecule has 246 valence electrons. The Morgan fingerprint density at radius 3 is 1.96 bits per heavy atom. The van der Waals surface area contributed by atoms with E-state index in [1.165, 1.54) is 30.3 Å². The minimum Gasteiger partial charge on any atom is -0.459 e. The third-order valence-electron chi connectivity index (χ3n) is 6.87. The molecule has 0 radical (unpaired) electrons. The first-order chi connectivity index (χ1) is 22.0. The molecule has 0 amide bonds. The summed E-state index contributed by atoms with van der Waals surface area (Å²) in [7, 11) is 0. The lowest BCUT2D eigenvalue weighted by Gasteiger charge is -2.34. The van der Waals surface area contributed by atoms with E-state index in [9.17, 15) is 24.0 Å². The van der Waals surface area contributed by atoms with Gasteiger partial charge in [-0.25, -0.2) is 9.48 Å². The van der Waals surface area contributed by atoms with Gasteiger partial charge in [0.05, 0.1) is 10.9 Å². The maximum Gasteiger partial charge on any atom is 0.343 e. The van der Waals surface area contributed by atoms with Crippen molar-refractivity contribution < 1.29 is 33.4 Å². The molecule has 0 aliphatic heterocycles. The fourth-order valence-corrected chi connectivity index (χ4v) is 4.76. The maximum atomic E-state index is 14.0. The second-order valence-electron chi connectivity index (χ2n) is 13.0. The number of aromatic nitrogens is 3. The van der Waals surface area contributed by atoms with Crippen molar-refractivity contribution in [3.05, 3.63) is 99.3 Å². The van der Waals surface area contributed by atoms with E-state index in [0.29, 0.717) is 16.1 Å². The van der Waals surface area contributed by atoms with Crippen LogP contribution in [0.5, 0.6) is 5.75 Å². The van der Waals surface area contributed by atoms with Crippen LogP contribution in [-0.4, -0.2) is 49.9 Å². The number of carbonyl (C=O) groups is 4. The molecule has 47 heavy (non-hydrogen) atoms.